The van der Waals surface area contributed by atoms with E-state index in [0.29, 0.717) is 0 Å². The van der Waals surface area contributed by atoms with Crippen molar-refractivity contribution < 1.29 is 58.7 Å². The van der Waals surface area contributed by atoms with E-state index in [9.17, 15) is 44.5 Å². The second kappa shape index (κ2) is 8.22. The molecule has 0 saturated heterocycles. The molecule has 1 unspecified atom stereocenters. The van der Waals surface area contributed by atoms with Crippen LogP contribution in [-0.2, 0) is 33.9 Å². The van der Waals surface area contributed by atoms with Crippen LogP contribution in [0, 0.1) is 5.41 Å². The van der Waals surface area contributed by atoms with Crippen LogP contribution in [0.3, 0.4) is 0 Å². The second-order valence-corrected chi connectivity index (χ2v) is 7.35. The number of carbonyl (C=O) groups is 2. The minimum atomic E-state index is -6.44. The van der Waals surface area contributed by atoms with E-state index < -0.39 is 57.9 Å². The number of hydrogen-bond acceptors (Lipinski definition) is 8. The predicted octanol–water partition coefficient (Wildman–Crippen LogP) is 1.94. The number of rotatable bonds is 9. The molecule has 0 aromatic carbocycles. The molecule has 0 bridgehead atoms. The third kappa shape index (κ3) is 5.72. The molecule has 0 radical (unpaired) electrons. The Morgan fingerprint density at radius 3 is 1.81 bits per heavy atom. The summed E-state index contributed by atoms with van der Waals surface area (Å²) in [6.07, 6.45) is -6.02. The number of halogens is 5. The Morgan fingerprint density at radius 2 is 1.48 bits per heavy atom. The zero-order valence-corrected chi connectivity index (χ0v) is 15.5. The summed E-state index contributed by atoms with van der Waals surface area (Å²) >= 11 is 0. The molecule has 8 nitrogen and oxygen atoms in total. The zero-order valence-electron chi connectivity index (χ0n) is 14.7. The highest BCUT2D eigenvalue weighted by Gasteiger charge is 2.69. The Balaban J connectivity index is 6.19. The van der Waals surface area contributed by atoms with Crippen molar-refractivity contribution in [2.75, 3.05) is 13.2 Å². The molecule has 0 amide bonds. The largest absolute Gasteiger partial charge is 0.743 e. The van der Waals surface area contributed by atoms with E-state index in [2.05, 4.69) is 14.2 Å². The molecule has 14 heteroatoms. The summed E-state index contributed by atoms with van der Waals surface area (Å²) in [5.41, 5.74) is -1.60. The fourth-order valence-electron chi connectivity index (χ4n) is 1.28. The normalized spacial score (nSPS) is 15.8. The topological polar surface area (TPSA) is 119 Å². The first-order valence-corrected chi connectivity index (χ1v) is 8.73. The molecule has 0 spiro atoms. The molecule has 0 aliphatic rings. The van der Waals surface area contributed by atoms with Gasteiger partial charge in [-0.1, -0.05) is 6.92 Å². The number of ether oxygens (including phenoxy) is 3. The van der Waals surface area contributed by atoms with Crippen LogP contribution < -0.4 is 0 Å². The quantitative estimate of drug-likeness (QED) is 0.236. The van der Waals surface area contributed by atoms with E-state index in [1.54, 1.807) is 0 Å². The maximum absolute atomic E-state index is 13.5. The predicted molar refractivity (Wildman–Crippen MR) is 76.2 cm³/mol. The molecular formula is C13H18F5O8S-. The van der Waals surface area contributed by atoms with E-state index in [0.717, 1.165) is 20.8 Å². The summed E-state index contributed by atoms with van der Waals surface area (Å²) in [6.45, 7) is 1.33. The van der Waals surface area contributed by atoms with Crippen molar-refractivity contribution in [3.63, 3.8) is 0 Å². The molecular weight excluding hydrogens is 411 g/mol. The van der Waals surface area contributed by atoms with Crippen LogP contribution in [0.25, 0.3) is 0 Å². The third-order valence-corrected chi connectivity index (χ3v) is 4.25. The summed E-state index contributed by atoms with van der Waals surface area (Å²) in [5.74, 6) is -8.78. The molecule has 0 aromatic rings. The Bertz CT molecular complexity index is 658. The summed E-state index contributed by atoms with van der Waals surface area (Å²) in [6, 6.07) is 0. The van der Waals surface area contributed by atoms with Crippen molar-refractivity contribution in [2.24, 2.45) is 5.41 Å². The molecule has 0 aliphatic carbocycles. The van der Waals surface area contributed by atoms with Gasteiger partial charge in [0.05, 0.1) is 12.0 Å². The van der Waals surface area contributed by atoms with Crippen LogP contribution in [-0.4, -0.2) is 55.3 Å². The van der Waals surface area contributed by atoms with Crippen LogP contribution in [0.2, 0.25) is 0 Å². The van der Waals surface area contributed by atoms with Gasteiger partial charge in [-0.15, -0.1) is 0 Å². The molecule has 0 fully saturated rings. The van der Waals surface area contributed by atoms with Crippen LogP contribution in [0.5, 0.6) is 0 Å². The van der Waals surface area contributed by atoms with Crippen LogP contribution in [0.15, 0.2) is 0 Å². The Hall–Kier alpha value is -1.54. The molecule has 1 atom stereocenters. The van der Waals surface area contributed by atoms with E-state index in [-0.39, 0.29) is 6.42 Å². The van der Waals surface area contributed by atoms with Crippen LogP contribution in [0.1, 0.15) is 34.1 Å². The minimum Gasteiger partial charge on any atom is -0.743 e. The maximum atomic E-state index is 13.5. The van der Waals surface area contributed by atoms with Gasteiger partial charge >= 0.3 is 29.2 Å². The highest BCUT2D eigenvalue weighted by molar-refractivity contribution is 7.86. The molecule has 0 N–H and O–H groups in total. The van der Waals surface area contributed by atoms with Crippen molar-refractivity contribution in [1.29, 1.82) is 0 Å². The maximum Gasteiger partial charge on any atom is 0.468 e. The van der Waals surface area contributed by atoms with Gasteiger partial charge in [0.1, 0.15) is 6.61 Å². The van der Waals surface area contributed by atoms with Crippen molar-refractivity contribution >= 4 is 22.1 Å². The standard InChI is InChI=1S/C13H19F5O8S/c1-5-10(3,4)8(19)26-12(13(16,17)18,9(20)24-6-2)25-7-11(14,15)27(21,22)23/h5-7H2,1-4H3,(H,21,22,23)/p-1. The minimum absolute atomic E-state index is 0.0757. The fourth-order valence-corrected chi connectivity index (χ4v) is 1.49. The molecule has 0 aromatic heterocycles. The van der Waals surface area contributed by atoms with Crippen molar-refractivity contribution in [2.45, 2.75) is 51.3 Å². The number of alkyl halides is 5. The Labute approximate surface area is 151 Å². The van der Waals surface area contributed by atoms with E-state index in [1.165, 1.54) is 6.92 Å². The van der Waals surface area contributed by atoms with Crippen molar-refractivity contribution in [3.05, 3.63) is 0 Å². The van der Waals surface area contributed by atoms with Gasteiger partial charge in [0.15, 0.2) is 10.1 Å². The lowest BCUT2D eigenvalue weighted by molar-refractivity contribution is -0.362. The Morgan fingerprint density at radius 1 is 1.00 bits per heavy atom. The first-order chi connectivity index (χ1) is 11.9. The molecule has 160 valence electrons. The number of carbonyl (C=O) groups excluding carboxylic acids is 2. The average molecular weight is 429 g/mol. The third-order valence-electron chi connectivity index (χ3n) is 3.40. The second-order valence-electron chi connectivity index (χ2n) is 5.84. The summed E-state index contributed by atoms with van der Waals surface area (Å²) in [4.78, 5) is 23.8. The zero-order chi connectivity index (χ0) is 21.9. The van der Waals surface area contributed by atoms with Crippen molar-refractivity contribution in [1.82, 2.24) is 0 Å². The highest BCUT2D eigenvalue weighted by atomic mass is 32.2. The first kappa shape index (κ1) is 25.5. The number of esters is 2. The molecule has 0 heterocycles. The number of hydrogen-bond donors (Lipinski definition) is 0. The Kier molecular flexibility index (Phi) is 7.75. The van der Waals surface area contributed by atoms with Crippen LogP contribution in [0.4, 0.5) is 22.0 Å². The van der Waals surface area contributed by atoms with Gasteiger partial charge in [-0.25, -0.2) is 13.2 Å². The van der Waals surface area contributed by atoms with Gasteiger partial charge in [0.25, 0.3) is 0 Å². The van der Waals surface area contributed by atoms with Gasteiger partial charge in [-0.2, -0.15) is 22.0 Å². The van der Waals surface area contributed by atoms with Gasteiger partial charge in [-0.05, 0) is 27.2 Å². The summed E-state index contributed by atoms with van der Waals surface area (Å²) in [7, 11) is -6.44. The van der Waals surface area contributed by atoms with Crippen molar-refractivity contribution in [3.8, 4) is 0 Å². The van der Waals surface area contributed by atoms with Crippen LogP contribution >= 0.6 is 0 Å². The van der Waals surface area contributed by atoms with Gasteiger partial charge in [0, 0.05) is 0 Å². The smallest absolute Gasteiger partial charge is 0.468 e. The lowest BCUT2D eigenvalue weighted by Gasteiger charge is -2.35. The lowest BCUT2D eigenvalue weighted by Crippen LogP contribution is -2.60. The molecule has 27 heavy (non-hydrogen) atoms. The SMILES string of the molecule is CCOC(=O)C(OCC(F)(F)S(=O)(=O)[O-])(OC(=O)C(C)(C)CC)C(F)(F)F. The molecule has 0 rings (SSSR count). The first-order valence-electron chi connectivity index (χ1n) is 7.32. The van der Waals surface area contributed by atoms with E-state index >= 15 is 0 Å². The lowest BCUT2D eigenvalue weighted by atomic mass is 9.90. The van der Waals surface area contributed by atoms with Gasteiger partial charge in [0.2, 0.25) is 0 Å². The summed E-state index contributed by atoms with van der Waals surface area (Å²) in [5, 5.41) is -5.34. The van der Waals surface area contributed by atoms with Gasteiger partial charge < -0.3 is 18.8 Å². The van der Waals surface area contributed by atoms with Gasteiger partial charge in [-0.3, -0.25) is 4.79 Å². The highest BCUT2D eigenvalue weighted by Crippen LogP contribution is 2.40. The monoisotopic (exact) mass is 429 g/mol. The molecule has 0 saturated carbocycles. The fraction of sp³-hybridized carbons (Fsp3) is 0.846. The summed E-state index contributed by atoms with van der Waals surface area (Å²) < 4.78 is 110. The average Bonchev–Trinajstić information content (AvgIpc) is 2.48. The van der Waals surface area contributed by atoms with E-state index in [4.69, 9.17) is 0 Å². The van der Waals surface area contributed by atoms with E-state index in [1.807, 2.05) is 0 Å². The molecule has 0 aliphatic heterocycles.